The molecule has 0 amide bonds. The molecule has 3 heterocycles. The van der Waals surface area contributed by atoms with E-state index in [1.54, 1.807) is 18.3 Å². The van der Waals surface area contributed by atoms with E-state index in [0.29, 0.717) is 5.92 Å². The zero-order valence-corrected chi connectivity index (χ0v) is 27.6. The normalized spacial score (nSPS) is 37.2. The van der Waals surface area contributed by atoms with Gasteiger partial charge < -0.3 is 18.2 Å². The topological polar surface area (TPSA) is 91.8 Å². The third kappa shape index (κ3) is 6.28. The van der Waals surface area contributed by atoms with Crippen LogP contribution in [0.15, 0.2) is 27.9 Å². The molecule has 1 aromatic heterocycles. The number of alkyl halides is 1. The summed E-state index contributed by atoms with van der Waals surface area (Å²) in [7, 11) is -2.43. The van der Waals surface area contributed by atoms with E-state index in [-0.39, 0.29) is 28.1 Å². The van der Waals surface area contributed by atoms with Gasteiger partial charge in [-0.25, -0.2) is 9.18 Å². The number of aromatic amines is 1. The fraction of sp³-hybridized carbons (Fsp3) is 0.769. The molecule has 220 valence electrons. The van der Waals surface area contributed by atoms with Crippen molar-refractivity contribution in [3.05, 3.63) is 44.8 Å². The Kier molecular flexibility index (Phi) is 8.77. The van der Waals surface area contributed by atoms with Gasteiger partial charge in [0.2, 0.25) is 5.69 Å². The molecule has 1 saturated carbocycles. The van der Waals surface area contributed by atoms with E-state index >= 15 is 4.39 Å². The van der Waals surface area contributed by atoms with Crippen molar-refractivity contribution in [2.75, 3.05) is 6.61 Å². The number of hydrogen-bond donors (Lipinski definition) is 1. The van der Waals surface area contributed by atoms with Crippen LogP contribution in [0.3, 0.4) is 0 Å². The van der Waals surface area contributed by atoms with Gasteiger partial charge in [-0.3, -0.25) is 14.3 Å². The van der Waals surface area contributed by atoms with Crippen LogP contribution in [0.1, 0.15) is 65.7 Å². The number of aryl methyl sites for hydroxylation is 1. The molecular weight excluding hydrogens is 578 g/mol. The molecule has 3 aliphatic rings. The van der Waals surface area contributed by atoms with Crippen LogP contribution in [-0.2, 0) is 30.0 Å². The number of hydrogen-bond acceptors (Lipinski definition) is 8. The zero-order chi connectivity index (χ0) is 29.1. The predicted octanol–water partition coefficient (Wildman–Crippen LogP) is 5.98. The van der Waals surface area contributed by atoms with Gasteiger partial charge >= 0.3 is 5.69 Å². The summed E-state index contributed by atoms with van der Waals surface area (Å²) in [6.07, 6.45) is -0.573. The van der Waals surface area contributed by atoms with Crippen LogP contribution in [0.4, 0.5) is 4.39 Å². The summed E-state index contributed by atoms with van der Waals surface area (Å²) >= 11 is 7.53. The van der Waals surface area contributed by atoms with Gasteiger partial charge in [-0.15, -0.1) is 0 Å². The van der Waals surface area contributed by atoms with Crippen molar-refractivity contribution in [2.24, 2.45) is 5.92 Å². The van der Waals surface area contributed by atoms with Crippen molar-refractivity contribution in [2.45, 2.75) is 114 Å². The maximum Gasteiger partial charge on any atom is 0.330 e. The molecule has 1 aliphatic carbocycles. The summed E-state index contributed by atoms with van der Waals surface area (Å²) in [5.41, 5.74) is -2.56. The Balaban J connectivity index is 1.57. The van der Waals surface area contributed by atoms with Crippen LogP contribution in [0.5, 0.6) is 0 Å². The second kappa shape index (κ2) is 10.9. The number of nitrogens with zero attached hydrogens (tertiary/aromatic N) is 1. The smallest absolute Gasteiger partial charge is 0.330 e. The second-order valence-corrected chi connectivity index (χ2v) is 24.2. The molecular formula is C26H42FN2O6PS2Si. The summed E-state index contributed by atoms with van der Waals surface area (Å²) in [6, 6.07) is 0. The SMILES string of the molecule is C=C(C)[C@H]1CC[C@@]2(C)SP(=S)(OC[C@H]3O[C@@H](n4cc(C)c(=O)[nH]c4=O)[C@H](F)[C@@H]3O[Si](C)(C)C(C)(C)C)O[C@@H]2C1. The van der Waals surface area contributed by atoms with Crippen LogP contribution < -0.4 is 11.2 Å². The Bertz CT molecular complexity index is 1280. The average molecular weight is 621 g/mol. The first-order chi connectivity index (χ1) is 17.9. The Labute approximate surface area is 240 Å². The van der Waals surface area contributed by atoms with E-state index in [1.165, 1.54) is 6.20 Å². The van der Waals surface area contributed by atoms with E-state index < -0.39 is 49.9 Å². The summed E-state index contributed by atoms with van der Waals surface area (Å²) < 4.78 is 42.5. The molecule has 13 heteroatoms. The van der Waals surface area contributed by atoms with E-state index in [2.05, 4.69) is 46.2 Å². The summed E-state index contributed by atoms with van der Waals surface area (Å²) in [5, 5.41) is -0.178. The molecule has 0 bridgehead atoms. The number of fused-ring (bicyclic) bond motifs is 1. The van der Waals surface area contributed by atoms with Gasteiger partial charge in [-0.1, -0.05) is 44.3 Å². The second-order valence-electron chi connectivity index (χ2n) is 12.9. The number of H-pyrrole nitrogens is 1. The minimum absolute atomic E-state index is 0.0235. The molecule has 0 radical (unpaired) electrons. The molecule has 4 rings (SSSR count). The number of nitrogens with one attached hydrogen (secondary N) is 1. The average Bonchev–Trinajstić information content (AvgIpc) is 3.25. The molecule has 3 fully saturated rings. The molecule has 1 N–H and O–H groups in total. The molecule has 8 nitrogen and oxygen atoms in total. The zero-order valence-electron chi connectivity index (χ0n) is 24.1. The molecule has 39 heavy (non-hydrogen) atoms. The van der Waals surface area contributed by atoms with E-state index in [4.69, 9.17) is 30.0 Å². The minimum atomic E-state index is -2.74. The fourth-order valence-electron chi connectivity index (χ4n) is 5.09. The highest BCUT2D eigenvalue weighted by Crippen LogP contribution is 2.75. The first-order valence-electron chi connectivity index (χ1n) is 13.4. The summed E-state index contributed by atoms with van der Waals surface area (Å²) in [4.78, 5) is 26.8. The predicted molar refractivity (Wildman–Crippen MR) is 160 cm³/mol. The molecule has 0 aromatic carbocycles. The molecule has 1 aromatic rings. The van der Waals surface area contributed by atoms with Gasteiger partial charge in [0.05, 0.1) is 12.7 Å². The number of allylic oxidation sites excluding steroid dienone is 1. The number of rotatable bonds is 7. The quantitative estimate of drug-likeness (QED) is 0.226. The van der Waals surface area contributed by atoms with Crippen molar-refractivity contribution in [1.82, 2.24) is 9.55 Å². The van der Waals surface area contributed by atoms with Crippen molar-refractivity contribution >= 4 is 37.2 Å². The highest BCUT2D eigenvalue weighted by atomic mass is 32.9. The maximum atomic E-state index is 16.1. The Hall–Kier alpha value is -0.593. The van der Waals surface area contributed by atoms with Crippen LogP contribution in [0, 0.1) is 12.8 Å². The third-order valence-corrected chi connectivity index (χ3v) is 19.1. The standard InChI is InChI=1S/C26H42FN2O6PS2Si/c1-15(2)17-10-11-26(7)19(12-17)34-36(37,38-26)32-14-18-21(35-39(8,9)25(4,5)6)20(27)23(33-18)29-13-16(3)22(30)28-24(29)31/h13,17-21,23H,1,10-12,14H2,2-9H3,(H,28,30,31)/t17-,18+,19+,20+,21+,23+,26+,36?/m0/s1. The summed E-state index contributed by atoms with van der Waals surface area (Å²) in [5.74, 6) is 0.401. The fourth-order valence-corrected chi connectivity index (χ4v) is 13.5. The Morgan fingerprint density at radius 3 is 2.69 bits per heavy atom. The molecule has 1 unspecified atom stereocenters. The van der Waals surface area contributed by atoms with Gasteiger partial charge in [0, 0.05) is 16.5 Å². The minimum Gasteiger partial charge on any atom is -0.408 e. The van der Waals surface area contributed by atoms with Gasteiger partial charge in [-0.05, 0) is 75.9 Å². The van der Waals surface area contributed by atoms with Gasteiger partial charge in [0.15, 0.2) is 20.7 Å². The van der Waals surface area contributed by atoms with Gasteiger partial charge in [0.25, 0.3) is 5.56 Å². The number of ether oxygens (including phenoxy) is 1. The van der Waals surface area contributed by atoms with Crippen molar-refractivity contribution in [3.8, 4) is 0 Å². The Morgan fingerprint density at radius 2 is 2.08 bits per heavy atom. The first-order valence-corrected chi connectivity index (χ1v) is 20.4. The van der Waals surface area contributed by atoms with E-state index in [1.807, 2.05) is 13.1 Å². The first kappa shape index (κ1) is 31.3. The monoisotopic (exact) mass is 620 g/mol. The third-order valence-electron chi connectivity index (χ3n) is 8.76. The highest BCUT2D eigenvalue weighted by molar-refractivity contribution is 8.68. The van der Waals surface area contributed by atoms with Crippen molar-refractivity contribution in [3.63, 3.8) is 0 Å². The van der Waals surface area contributed by atoms with Crippen LogP contribution in [-0.4, -0.2) is 53.7 Å². The Morgan fingerprint density at radius 1 is 1.41 bits per heavy atom. The molecule has 2 aliphatic heterocycles. The van der Waals surface area contributed by atoms with Crippen molar-refractivity contribution < 1.29 is 22.6 Å². The van der Waals surface area contributed by atoms with Crippen LogP contribution >= 0.6 is 17.1 Å². The van der Waals surface area contributed by atoms with E-state index in [0.717, 1.165) is 29.4 Å². The van der Waals surface area contributed by atoms with Crippen molar-refractivity contribution in [1.29, 1.82) is 0 Å². The lowest BCUT2D eigenvalue weighted by molar-refractivity contribution is -0.0441. The number of aromatic nitrogens is 2. The van der Waals surface area contributed by atoms with Gasteiger partial charge in [0.1, 0.15) is 12.2 Å². The molecule has 0 spiro atoms. The molecule has 8 atom stereocenters. The van der Waals surface area contributed by atoms with Gasteiger partial charge in [-0.2, -0.15) is 0 Å². The summed E-state index contributed by atoms with van der Waals surface area (Å²) in [6.45, 7) is 20.2. The lowest BCUT2D eigenvalue weighted by Gasteiger charge is -2.39. The molecule has 2 saturated heterocycles. The van der Waals surface area contributed by atoms with Crippen LogP contribution in [0.25, 0.3) is 0 Å². The lowest BCUT2D eigenvalue weighted by Crippen LogP contribution is -2.49. The highest BCUT2D eigenvalue weighted by Gasteiger charge is 2.55. The largest absolute Gasteiger partial charge is 0.408 e. The lowest BCUT2D eigenvalue weighted by atomic mass is 9.77. The van der Waals surface area contributed by atoms with Crippen LogP contribution in [0.2, 0.25) is 18.1 Å². The number of halogens is 1. The maximum absolute atomic E-state index is 16.1. The van der Waals surface area contributed by atoms with E-state index in [9.17, 15) is 9.59 Å².